The minimum Gasteiger partial charge on any atom is -0.394 e. The zero-order valence-electron chi connectivity index (χ0n) is 32.1. The first-order chi connectivity index (χ1) is 26.8. The Kier molecular flexibility index (Phi) is 21.7. The third kappa shape index (κ3) is 13.7. The van der Waals surface area contributed by atoms with Crippen LogP contribution in [-0.4, -0.2) is 193 Å². The van der Waals surface area contributed by atoms with Crippen molar-refractivity contribution in [2.75, 3.05) is 26.4 Å². The molecule has 0 aliphatic carbocycles. The number of hydrogen-bond acceptors (Lipinski definition) is 18. The van der Waals surface area contributed by atoms with Gasteiger partial charge < -0.3 is 89.9 Å². The van der Waals surface area contributed by atoms with Gasteiger partial charge in [0, 0.05) is 6.42 Å². The summed E-state index contributed by atoms with van der Waals surface area (Å²) in [5.74, 6) is -0.380. The Morgan fingerprint density at radius 3 is 1.70 bits per heavy atom. The molecule has 3 fully saturated rings. The van der Waals surface area contributed by atoms with Crippen LogP contribution in [0.25, 0.3) is 0 Å². The molecule has 0 aromatic heterocycles. The van der Waals surface area contributed by atoms with E-state index in [9.17, 15) is 61.0 Å². The SMILES string of the molecule is CCCCCCC/C=C/CC/C=C/C(O)C(COC1OC(CO)C(OC2OC(CO)C(OC3OC(CO)C(O)C(O)C3O)C(O)C2O)C(O)C1O)NC(=O)CC. The third-order valence-corrected chi connectivity index (χ3v) is 10.1. The van der Waals surface area contributed by atoms with E-state index in [-0.39, 0.29) is 18.9 Å². The highest BCUT2D eigenvalue weighted by molar-refractivity contribution is 5.75. The van der Waals surface area contributed by atoms with Crippen molar-refractivity contribution in [3.05, 3.63) is 24.3 Å². The zero-order chi connectivity index (χ0) is 41.4. The predicted octanol–water partition coefficient (Wildman–Crippen LogP) is -3.04. The topological polar surface area (TPSA) is 307 Å². The molecule has 326 valence electrons. The van der Waals surface area contributed by atoms with Crippen LogP contribution in [0.15, 0.2) is 24.3 Å². The standard InChI is InChI=1S/C37H65NO18/c1-3-5-6-7-8-9-10-11-12-13-14-15-21(42)20(38-25(43)4-2)19-51-35-31(49)28(46)33(23(17-40)53-35)56-37-32(50)29(47)34(24(18-41)54-37)55-36-30(48)27(45)26(44)22(16-39)52-36/h10-11,14-15,20-24,26-37,39-42,44-50H,3-9,12-13,16-19H2,1-2H3,(H,38,43)/b11-10+,15-14+. The second kappa shape index (κ2) is 25.0. The summed E-state index contributed by atoms with van der Waals surface area (Å²) in [5.41, 5.74) is 0. The lowest BCUT2D eigenvalue weighted by Gasteiger charge is -2.48. The Balaban J connectivity index is 1.58. The molecule has 3 saturated heterocycles. The minimum atomic E-state index is -1.97. The van der Waals surface area contributed by atoms with Crippen molar-refractivity contribution >= 4 is 5.91 Å². The molecule has 17 atom stereocenters. The van der Waals surface area contributed by atoms with Crippen LogP contribution < -0.4 is 5.32 Å². The van der Waals surface area contributed by atoms with E-state index in [2.05, 4.69) is 24.4 Å². The van der Waals surface area contributed by atoms with E-state index in [0.717, 1.165) is 19.3 Å². The van der Waals surface area contributed by atoms with Gasteiger partial charge in [0.25, 0.3) is 0 Å². The van der Waals surface area contributed by atoms with Gasteiger partial charge in [-0.2, -0.15) is 0 Å². The first-order valence-electron chi connectivity index (χ1n) is 19.6. The molecular weight excluding hydrogens is 746 g/mol. The Morgan fingerprint density at radius 2 is 1.12 bits per heavy atom. The third-order valence-electron chi connectivity index (χ3n) is 10.1. The summed E-state index contributed by atoms with van der Waals surface area (Å²) in [6.45, 7) is 1.01. The predicted molar refractivity (Wildman–Crippen MR) is 194 cm³/mol. The fourth-order valence-electron chi connectivity index (χ4n) is 6.58. The molecule has 0 aromatic carbocycles. The molecule has 12 N–H and O–H groups in total. The summed E-state index contributed by atoms with van der Waals surface area (Å²) in [6, 6.07) is -0.979. The van der Waals surface area contributed by atoms with Gasteiger partial charge in [0.15, 0.2) is 18.9 Å². The number of hydrogen-bond donors (Lipinski definition) is 12. The number of carbonyl (C=O) groups excluding carboxylic acids is 1. The normalized spacial score (nSPS) is 37.9. The molecule has 0 saturated carbocycles. The Bertz CT molecular complexity index is 1160. The van der Waals surface area contributed by atoms with Crippen LogP contribution >= 0.6 is 0 Å². The van der Waals surface area contributed by atoms with Crippen molar-refractivity contribution in [3.8, 4) is 0 Å². The van der Waals surface area contributed by atoms with Gasteiger partial charge in [0.1, 0.15) is 73.2 Å². The highest BCUT2D eigenvalue weighted by atomic mass is 16.8. The second-order valence-corrected chi connectivity index (χ2v) is 14.3. The van der Waals surface area contributed by atoms with Gasteiger partial charge in [-0.25, -0.2) is 0 Å². The molecule has 3 aliphatic rings. The van der Waals surface area contributed by atoms with Crippen molar-refractivity contribution in [1.82, 2.24) is 5.32 Å². The Morgan fingerprint density at radius 1 is 0.625 bits per heavy atom. The van der Waals surface area contributed by atoms with E-state index in [1.807, 2.05) is 0 Å². The van der Waals surface area contributed by atoms with Crippen molar-refractivity contribution < 1.29 is 89.4 Å². The number of rotatable bonds is 23. The second-order valence-electron chi connectivity index (χ2n) is 14.3. The maximum Gasteiger partial charge on any atom is 0.220 e. The van der Waals surface area contributed by atoms with E-state index < -0.39 is 124 Å². The Labute approximate surface area is 327 Å². The zero-order valence-corrected chi connectivity index (χ0v) is 32.1. The molecule has 19 nitrogen and oxygen atoms in total. The lowest BCUT2D eigenvalue weighted by atomic mass is 9.96. The van der Waals surface area contributed by atoms with Crippen molar-refractivity contribution in [3.63, 3.8) is 0 Å². The van der Waals surface area contributed by atoms with Crippen LogP contribution in [0.4, 0.5) is 0 Å². The van der Waals surface area contributed by atoms with Gasteiger partial charge in [-0.05, 0) is 25.7 Å². The Hall–Kier alpha value is -1.73. The molecule has 0 radical (unpaired) electrons. The highest BCUT2D eigenvalue weighted by Gasteiger charge is 2.53. The van der Waals surface area contributed by atoms with Gasteiger partial charge in [0.2, 0.25) is 5.91 Å². The number of allylic oxidation sites excluding steroid dienone is 3. The number of amides is 1. The lowest BCUT2D eigenvalue weighted by Crippen LogP contribution is -2.66. The van der Waals surface area contributed by atoms with E-state index in [0.29, 0.717) is 6.42 Å². The number of unbranched alkanes of at least 4 members (excludes halogenated alkanes) is 6. The lowest BCUT2D eigenvalue weighted by molar-refractivity contribution is -0.379. The molecular formula is C37H65NO18. The van der Waals surface area contributed by atoms with E-state index >= 15 is 0 Å². The molecule has 1 amide bonds. The molecule has 3 aliphatic heterocycles. The quantitative estimate of drug-likeness (QED) is 0.0361. The van der Waals surface area contributed by atoms with Crippen LogP contribution in [0.1, 0.15) is 71.6 Å². The average molecular weight is 812 g/mol. The van der Waals surface area contributed by atoms with Crippen LogP contribution in [0, 0.1) is 0 Å². The molecule has 3 heterocycles. The average Bonchev–Trinajstić information content (AvgIpc) is 3.20. The fourth-order valence-corrected chi connectivity index (χ4v) is 6.58. The summed E-state index contributed by atoms with van der Waals surface area (Å²) in [4.78, 5) is 12.3. The molecule has 17 unspecified atom stereocenters. The largest absolute Gasteiger partial charge is 0.394 e. The molecule has 0 spiro atoms. The number of ether oxygens (including phenoxy) is 6. The maximum atomic E-state index is 12.3. The van der Waals surface area contributed by atoms with Gasteiger partial charge in [0.05, 0.1) is 38.6 Å². The minimum absolute atomic E-state index is 0.116. The molecule has 3 rings (SSSR count). The van der Waals surface area contributed by atoms with Crippen LogP contribution in [0.2, 0.25) is 0 Å². The summed E-state index contributed by atoms with van der Waals surface area (Å²) in [7, 11) is 0. The summed E-state index contributed by atoms with van der Waals surface area (Å²) < 4.78 is 33.5. The molecule has 56 heavy (non-hydrogen) atoms. The maximum absolute atomic E-state index is 12.3. The van der Waals surface area contributed by atoms with Gasteiger partial charge in [-0.3, -0.25) is 4.79 Å². The monoisotopic (exact) mass is 811 g/mol. The summed E-state index contributed by atoms with van der Waals surface area (Å²) in [6.07, 6.45) is -10.6. The van der Waals surface area contributed by atoms with Gasteiger partial charge in [-0.15, -0.1) is 0 Å². The number of carbonyl (C=O) groups is 1. The molecule has 0 aromatic rings. The fraction of sp³-hybridized carbons (Fsp3) is 0.865. The molecule has 19 heteroatoms. The van der Waals surface area contributed by atoms with E-state index in [4.69, 9.17) is 28.4 Å². The smallest absolute Gasteiger partial charge is 0.220 e. The summed E-state index contributed by atoms with van der Waals surface area (Å²) in [5, 5.41) is 118. The first kappa shape index (κ1) is 48.6. The van der Waals surface area contributed by atoms with Gasteiger partial charge in [-0.1, -0.05) is 63.8 Å². The van der Waals surface area contributed by atoms with Crippen molar-refractivity contribution in [1.29, 1.82) is 0 Å². The number of nitrogens with one attached hydrogen (secondary N) is 1. The van der Waals surface area contributed by atoms with Crippen LogP contribution in [-0.2, 0) is 33.2 Å². The van der Waals surface area contributed by atoms with E-state index in [1.165, 1.54) is 31.8 Å². The first-order valence-corrected chi connectivity index (χ1v) is 19.6. The van der Waals surface area contributed by atoms with Crippen LogP contribution in [0.5, 0.6) is 0 Å². The van der Waals surface area contributed by atoms with Crippen LogP contribution in [0.3, 0.4) is 0 Å². The summed E-state index contributed by atoms with van der Waals surface area (Å²) >= 11 is 0. The number of aliphatic hydroxyl groups is 11. The molecule has 0 bridgehead atoms. The van der Waals surface area contributed by atoms with E-state index in [1.54, 1.807) is 13.0 Å². The van der Waals surface area contributed by atoms with Gasteiger partial charge >= 0.3 is 0 Å². The highest BCUT2D eigenvalue weighted by Crippen LogP contribution is 2.32. The number of aliphatic hydroxyl groups excluding tert-OH is 11. The van der Waals surface area contributed by atoms with Crippen molar-refractivity contribution in [2.24, 2.45) is 0 Å². The van der Waals surface area contributed by atoms with Crippen molar-refractivity contribution in [2.45, 2.75) is 176 Å².